The van der Waals surface area contributed by atoms with E-state index in [1.807, 2.05) is 37.3 Å². The minimum absolute atomic E-state index is 0.169. The molecule has 1 N–H and O–H groups in total. The van der Waals surface area contributed by atoms with Crippen LogP contribution in [0.2, 0.25) is 5.02 Å². The SMILES string of the molecule is CCOc1ccc(/C=C/C(=O)NCc2ccc(Cl)cc2)cc1OC. The summed E-state index contributed by atoms with van der Waals surface area (Å²) in [5.41, 5.74) is 1.85. The van der Waals surface area contributed by atoms with Gasteiger partial charge in [-0.05, 0) is 48.4 Å². The van der Waals surface area contributed by atoms with Crippen LogP contribution >= 0.6 is 11.6 Å². The van der Waals surface area contributed by atoms with E-state index in [9.17, 15) is 4.79 Å². The number of benzene rings is 2. The molecule has 24 heavy (non-hydrogen) atoms. The fourth-order valence-electron chi connectivity index (χ4n) is 2.08. The Kier molecular flexibility index (Phi) is 6.70. The molecule has 0 fully saturated rings. The second-order valence-corrected chi connectivity index (χ2v) is 5.46. The molecule has 5 heteroatoms. The number of carbonyl (C=O) groups excluding carboxylic acids is 1. The van der Waals surface area contributed by atoms with Crippen molar-refractivity contribution in [2.45, 2.75) is 13.5 Å². The molecule has 0 saturated carbocycles. The number of nitrogens with one attached hydrogen (secondary N) is 1. The number of halogens is 1. The van der Waals surface area contributed by atoms with Gasteiger partial charge in [0.25, 0.3) is 0 Å². The smallest absolute Gasteiger partial charge is 0.244 e. The van der Waals surface area contributed by atoms with Gasteiger partial charge in [0, 0.05) is 17.6 Å². The molecule has 0 aliphatic heterocycles. The first-order valence-electron chi connectivity index (χ1n) is 7.63. The van der Waals surface area contributed by atoms with Gasteiger partial charge in [-0.25, -0.2) is 0 Å². The van der Waals surface area contributed by atoms with Gasteiger partial charge in [-0.15, -0.1) is 0 Å². The van der Waals surface area contributed by atoms with E-state index in [2.05, 4.69) is 5.32 Å². The van der Waals surface area contributed by atoms with Gasteiger partial charge < -0.3 is 14.8 Å². The summed E-state index contributed by atoms with van der Waals surface area (Å²) in [6, 6.07) is 12.9. The Labute approximate surface area is 147 Å². The fraction of sp³-hybridized carbons (Fsp3) is 0.211. The lowest BCUT2D eigenvalue weighted by molar-refractivity contribution is -0.116. The lowest BCUT2D eigenvalue weighted by Gasteiger charge is -2.09. The number of ether oxygens (including phenoxy) is 2. The van der Waals surface area contributed by atoms with Gasteiger partial charge in [0.05, 0.1) is 13.7 Å². The van der Waals surface area contributed by atoms with Gasteiger partial charge in [0.2, 0.25) is 5.91 Å². The Morgan fingerprint density at radius 2 is 1.92 bits per heavy atom. The first-order valence-corrected chi connectivity index (χ1v) is 8.01. The standard InChI is InChI=1S/C19H20ClNO3/c1-3-24-17-10-6-14(12-18(17)23-2)7-11-19(22)21-13-15-4-8-16(20)9-5-15/h4-12H,3,13H2,1-2H3,(H,21,22)/b11-7+. The molecule has 2 rings (SSSR count). The van der Waals surface area contributed by atoms with E-state index in [1.54, 1.807) is 25.3 Å². The van der Waals surface area contributed by atoms with E-state index in [0.29, 0.717) is 29.7 Å². The number of hydrogen-bond donors (Lipinski definition) is 1. The molecule has 0 radical (unpaired) electrons. The summed E-state index contributed by atoms with van der Waals surface area (Å²) in [6.45, 7) is 2.93. The summed E-state index contributed by atoms with van der Waals surface area (Å²) in [4.78, 5) is 11.9. The Bertz CT molecular complexity index is 711. The average Bonchev–Trinajstić information content (AvgIpc) is 2.60. The summed E-state index contributed by atoms with van der Waals surface area (Å²) in [7, 11) is 1.59. The highest BCUT2D eigenvalue weighted by Crippen LogP contribution is 2.28. The molecule has 2 aromatic rings. The zero-order chi connectivity index (χ0) is 17.4. The number of amides is 1. The van der Waals surface area contributed by atoms with Crippen molar-refractivity contribution in [2.24, 2.45) is 0 Å². The van der Waals surface area contributed by atoms with E-state index >= 15 is 0 Å². The lowest BCUT2D eigenvalue weighted by Crippen LogP contribution is -2.20. The van der Waals surface area contributed by atoms with Crippen LogP contribution in [0, 0.1) is 0 Å². The van der Waals surface area contributed by atoms with Gasteiger partial charge in [-0.1, -0.05) is 29.8 Å². The van der Waals surface area contributed by atoms with E-state index in [4.69, 9.17) is 21.1 Å². The molecule has 0 saturated heterocycles. The van der Waals surface area contributed by atoms with Gasteiger partial charge in [-0.2, -0.15) is 0 Å². The molecular formula is C19H20ClNO3. The molecule has 0 heterocycles. The maximum atomic E-state index is 11.9. The molecule has 0 bridgehead atoms. The second-order valence-electron chi connectivity index (χ2n) is 5.02. The lowest BCUT2D eigenvalue weighted by atomic mass is 10.2. The maximum Gasteiger partial charge on any atom is 0.244 e. The van der Waals surface area contributed by atoms with Crippen molar-refractivity contribution < 1.29 is 14.3 Å². The third-order valence-electron chi connectivity index (χ3n) is 3.29. The third kappa shape index (κ3) is 5.32. The van der Waals surface area contributed by atoms with Crippen molar-refractivity contribution in [3.05, 3.63) is 64.7 Å². The predicted molar refractivity (Wildman–Crippen MR) is 96.5 cm³/mol. The average molecular weight is 346 g/mol. The van der Waals surface area contributed by atoms with Crippen LogP contribution < -0.4 is 14.8 Å². The van der Waals surface area contributed by atoms with Crippen LogP contribution in [0.4, 0.5) is 0 Å². The number of rotatable bonds is 7. The van der Waals surface area contributed by atoms with Crippen LogP contribution in [0.15, 0.2) is 48.5 Å². The van der Waals surface area contributed by atoms with E-state index in [-0.39, 0.29) is 5.91 Å². The van der Waals surface area contributed by atoms with Gasteiger partial charge in [0.1, 0.15) is 0 Å². The van der Waals surface area contributed by atoms with Crippen molar-refractivity contribution in [1.82, 2.24) is 5.32 Å². The minimum atomic E-state index is -0.169. The van der Waals surface area contributed by atoms with E-state index < -0.39 is 0 Å². The van der Waals surface area contributed by atoms with Crippen molar-refractivity contribution in [3.8, 4) is 11.5 Å². The molecule has 0 unspecified atom stereocenters. The van der Waals surface area contributed by atoms with Crippen LogP contribution in [-0.2, 0) is 11.3 Å². The molecule has 2 aromatic carbocycles. The highest BCUT2D eigenvalue weighted by Gasteiger charge is 2.04. The molecule has 4 nitrogen and oxygen atoms in total. The first-order chi connectivity index (χ1) is 11.6. The normalized spacial score (nSPS) is 10.6. The quantitative estimate of drug-likeness (QED) is 0.769. The molecule has 0 aromatic heterocycles. The zero-order valence-electron chi connectivity index (χ0n) is 13.7. The minimum Gasteiger partial charge on any atom is -0.493 e. The largest absolute Gasteiger partial charge is 0.493 e. The molecular weight excluding hydrogens is 326 g/mol. The van der Waals surface area contributed by atoms with Crippen molar-refractivity contribution >= 4 is 23.6 Å². The zero-order valence-corrected chi connectivity index (χ0v) is 14.5. The van der Waals surface area contributed by atoms with Crippen LogP contribution in [-0.4, -0.2) is 19.6 Å². The summed E-state index contributed by atoms with van der Waals surface area (Å²) < 4.78 is 10.8. The molecule has 0 spiro atoms. The number of methoxy groups -OCH3 is 1. The summed E-state index contributed by atoms with van der Waals surface area (Å²) in [5, 5.41) is 3.50. The van der Waals surface area contributed by atoms with E-state index in [0.717, 1.165) is 11.1 Å². The van der Waals surface area contributed by atoms with Crippen molar-refractivity contribution in [3.63, 3.8) is 0 Å². The second kappa shape index (κ2) is 8.99. The van der Waals surface area contributed by atoms with E-state index in [1.165, 1.54) is 6.08 Å². The van der Waals surface area contributed by atoms with Gasteiger partial charge in [0.15, 0.2) is 11.5 Å². The predicted octanol–water partition coefficient (Wildman–Crippen LogP) is 4.08. The third-order valence-corrected chi connectivity index (χ3v) is 3.55. The topological polar surface area (TPSA) is 47.6 Å². The highest BCUT2D eigenvalue weighted by atomic mass is 35.5. The molecule has 0 atom stereocenters. The Morgan fingerprint density at radius 1 is 1.17 bits per heavy atom. The number of hydrogen-bond acceptors (Lipinski definition) is 3. The summed E-state index contributed by atoms with van der Waals surface area (Å²) >= 11 is 5.83. The summed E-state index contributed by atoms with van der Waals surface area (Å²) in [6.07, 6.45) is 3.22. The Hall–Kier alpha value is -2.46. The molecule has 1 amide bonds. The fourth-order valence-corrected chi connectivity index (χ4v) is 2.21. The van der Waals surface area contributed by atoms with Gasteiger partial charge in [-0.3, -0.25) is 4.79 Å². The van der Waals surface area contributed by atoms with Crippen LogP contribution in [0.25, 0.3) is 6.08 Å². The van der Waals surface area contributed by atoms with Crippen LogP contribution in [0.1, 0.15) is 18.1 Å². The molecule has 0 aliphatic rings. The molecule has 126 valence electrons. The Morgan fingerprint density at radius 3 is 2.58 bits per heavy atom. The first kappa shape index (κ1) is 17.9. The van der Waals surface area contributed by atoms with Crippen LogP contribution in [0.3, 0.4) is 0 Å². The summed E-state index contributed by atoms with van der Waals surface area (Å²) in [5.74, 6) is 1.16. The monoisotopic (exact) mass is 345 g/mol. The maximum absolute atomic E-state index is 11.9. The highest BCUT2D eigenvalue weighted by molar-refractivity contribution is 6.30. The molecule has 0 aliphatic carbocycles. The Balaban J connectivity index is 1.94. The van der Waals surface area contributed by atoms with Gasteiger partial charge >= 0.3 is 0 Å². The van der Waals surface area contributed by atoms with Crippen molar-refractivity contribution in [2.75, 3.05) is 13.7 Å². The van der Waals surface area contributed by atoms with Crippen molar-refractivity contribution in [1.29, 1.82) is 0 Å². The number of carbonyl (C=O) groups is 1. The van der Waals surface area contributed by atoms with Crippen LogP contribution in [0.5, 0.6) is 11.5 Å².